The molecule has 5 rings (SSSR count). The molecular formula is C20H15NO3S. The molecule has 0 bridgehead atoms. The number of carbonyl (C=O) groups excluding carboxylic acids is 1. The fraction of sp³-hybridized carbons (Fsp3) is 0.150. The molecule has 0 aromatic heterocycles. The van der Waals surface area contributed by atoms with Crippen molar-refractivity contribution in [3.8, 4) is 11.5 Å². The van der Waals surface area contributed by atoms with Crippen molar-refractivity contribution in [2.45, 2.75) is 5.37 Å². The van der Waals surface area contributed by atoms with E-state index < -0.39 is 0 Å². The van der Waals surface area contributed by atoms with Gasteiger partial charge in [-0.15, -0.1) is 11.8 Å². The molecule has 0 aliphatic carbocycles. The van der Waals surface area contributed by atoms with Crippen LogP contribution in [0.1, 0.15) is 21.3 Å². The summed E-state index contributed by atoms with van der Waals surface area (Å²) in [6.07, 6.45) is 0. The van der Waals surface area contributed by atoms with E-state index in [1.54, 1.807) is 11.8 Å². The largest absolute Gasteiger partial charge is 0.454 e. The van der Waals surface area contributed by atoms with Gasteiger partial charge < -0.3 is 14.8 Å². The Morgan fingerprint density at radius 3 is 2.76 bits per heavy atom. The molecule has 1 atom stereocenters. The first kappa shape index (κ1) is 14.7. The minimum Gasteiger partial charge on any atom is -0.454 e. The summed E-state index contributed by atoms with van der Waals surface area (Å²) in [6.45, 7) is 0.259. The molecule has 0 spiro atoms. The zero-order valence-corrected chi connectivity index (χ0v) is 14.1. The van der Waals surface area contributed by atoms with Gasteiger partial charge in [-0.3, -0.25) is 4.79 Å². The quantitative estimate of drug-likeness (QED) is 0.695. The molecule has 124 valence electrons. The van der Waals surface area contributed by atoms with Crippen LogP contribution < -0.4 is 14.8 Å². The van der Waals surface area contributed by atoms with Crippen LogP contribution >= 0.6 is 11.8 Å². The summed E-state index contributed by atoms with van der Waals surface area (Å²) in [5.74, 6) is 2.12. The topological polar surface area (TPSA) is 47.6 Å². The van der Waals surface area contributed by atoms with Crippen LogP contribution in [-0.2, 0) is 0 Å². The summed E-state index contributed by atoms with van der Waals surface area (Å²) >= 11 is 1.59. The van der Waals surface area contributed by atoms with Gasteiger partial charge in [-0.05, 0) is 29.1 Å². The van der Waals surface area contributed by atoms with E-state index in [0.29, 0.717) is 5.75 Å². The predicted molar refractivity (Wildman–Crippen MR) is 99.7 cm³/mol. The average Bonchev–Trinajstić information content (AvgIpc) is 3.11. The van der Waals surface area contributed by atoms with Gasteiger partial charge in [0.1, 0.15) is 0 Å². The number of thioether (sulfide) groups is 1. The molecular weight excluding hydrogens is 334 g/mol. The molecule has 25 heavy (non-hydrogen) atoms. The van der Waals surface area contributed by atoms with Crippen molar-refractivity contribution in [1.82, 2.24) is 0 Å². The van der Waals surface area contributed by atoms with E-state index in [-0.39, 0.29) is 18.0 Å². The number of fused-ring (bicyclic) bond motifs is 1. The van der Waals surface area contributed by atoms with Gasteiger partial charge in [0.25, 0.3) is 0 Å². The van der Waals surface area contributed by atoms with Crippen LogP contribution in [-0.4, -0.2) is 18.3 Å². The Morgan fingerprint density at radius 1 is 1.00 bits per heavy atom. The van der Waals surface area contributed by atoms with Gasteiger partial charge in [0.05, 0.1) is 11.1 Å². The van der Waals surface area contributed by atoms with Crippen molar-refractivity contribution >= 4 is 34.0 Å². The molecule has 1 N–H and O–H groups in total. The summed E-state index contributed by atoms with van der Waals surface area (Å²) < 4.78 is 10.9. The SMILES string of the molecule is O=C1CSC(c2ccc3c(c2)OCO3)Nc2cccc3cccc1c23. The minimum atomic E-state index is -0.0302. The highest BCUT2D eigenvalue weighted by Crippen LogP contribution is 2.41. The van der Waals surface area contributed by atoms with Crippen molar-refractivity contribution in [3.63, 3.8) is 0 Å². The number of anilines is 1. The average molecular weight is 349 g/mol. The second-order valence-electron chi connectivity index (χ2n) is 6.08. The van der Waals surface area contributed by atoms with E-state index >= 15 is 0 Å². The number of rotatable bonds is 1. The highest BCUT2D eigenvalue weighted by atomic mass is 32.2. The van der Waals surface area contributed by atoms with Crippen LogP contribution in [0.3, 0.4) is 0 Å². The fourth-order valence-corrected chi connectivity index (χ4v) is 4.39. The van der Waals surface area contributed by atoms with Crippen molar-refractivity contribution in [2.24, 2.45) is 0 Å². The fourth-order valence-electron chi connectivity index (χ4n) is 3.37. The van der Waals surface area contributed by atoms with Gasteiger partial charge in [0, 0.05) is 16.6 Å². The number of ketones is 1. The normalized spacial score (nSPS) is 18.6. The summed E-state index contributed by atoms with van der Waals surface area (Å²) in [5, 5.41) is 5.65. The highest BCUT2D eigenvalue weighted by Gasteiger charge is 2.23. The van der Waals surface area contributed by atoms with Crippen LogP contribution in [0.15, 0.2) is 54.6 Å². The number of benzene rings is 3. The molecule has 3 aromatic carbocycles. The van der Waals surface area contributed by atoms with E-state index in [1.807, 2.05) is 54.6 Å². The molecule has 1 unspecified atom stereocenters. The molecule has 2 heterocycles. The van der Waals surface area contributed by atoms with Crippen molar-refractivity contribution in [2.75, 3.05) is 17.9 Å². The molecule has 0 amide bonds. The van der Waals surface area contributed by atoms with Crippen LogP contribution in [0.4, 0.5) is 5.69 Å². The Bertz CT molecular complexity index is 996. The molecule has 0 saturated heterocycles. The van der Waals surface area contributed by atoms with Crippen LogP contribution in [0.5, 0.6) is 11.5 Å². The molecule has 2 aliphatic heterocycles. The Hall–Kier alpha value is -2.66. The molecule has 0 fully saturated rings. The maximum atomic E-state index is 12.7. The van der Waals surface area contributed by atoms with Gasteiger partial charge >= 0.3 is 0 Å². The molecule has 3 aromatic rings. The third-order valence-electron chi connectivity index (χ3n) is 4.57. The minimum absolute atomic E-state index is 0.0302. The lowest BCUT2D eigenvalue weighted by atomic mass is 10.00. The van der Waals surface area contributed by atoms with Gasteiger partial charge in [-0.25, -0.2) is 0 Å². The van der Waals surface area contributed by atoms with E-state index in [9.17, 15) is 4.79 Å². The molecule has 4 nitrogen and oxygen atoms in total. The third kappa shape index (κ3) is 2.43. The van der Waals surface area contributed by atoms with Crippen LogP contribution in [0.25, 0.3) is 10.8 Å². The number of ether oxygens (including phenoxy) is 2. The van der Waals surface area contributed by atoms with Crippen molar-refractivity contribution in [3.05, 3.63) is 65.7 Å². The first-order chi connectivity index (χ1) is 12.3. The third-order valence-corrected chi connectivity index (χ3v) is 5.72. The smallest absolute Gasteiger partial charge is 0.231 e. The van der Waals surface area contributed by atoms with Gasteiger partial charge in [0.15, 0.2) is 17.3 Å². The second kappa shape index (κ2) is 5.70. The summed E-state index contributed by atoms with van der Waals surface area (Å²) in [4.78, 5) is 12.7. The number of nitrogens with one attached hydrogen (secondary N) is 1. The van der Waals surface area contributed by atoms with Gasteiger partial charge in [-0.1, -0.05) is 36.4 Å². The zero-order chi connectivity index (χ0) is 16.8. The maximum Gasteiger partial charge on any atom is 0.231 e. The molecule has 5 heteroatoms. The lowest BCUT2D eigenvalue weighted by Crippen LogP contribution is -2.15. The summed E-state index contributed by atoms with van der Waals surface area (Å²) in [5.41, 5.74) is 2.84. The number of hydrogen-bond donors (Lipinski definition) is 1. The second-order valence-corrected chi connectivity index (χ2v) is 7.17. The lowest BCUT2D eigenvalue weighted by molar-refractivity contribution is 0.102. The lowest BCUT2D eigenvalue weighted by Gasteiger charge is -2.24. The molecule has 0 radical (unpaired) electrons. The summed E-state index contributed by atoms with van der Waals surface area (Å²) in [6, 6.07) is 17.9. The van der Waals surface area contributed by atoms with E-state index in [2.05, 4.69) is 5.32 Å². The first-order valence-corrected chi connectivity index (χ1v) is 9.17. The Kier molecular flexibility index (Phi) is 3.35. The van der Waals surface area contributed by atoms with Gasteiger partial charge in [-0.2, -0.15) is 0 Å². The van der Waals surface area contributed by atoms with Crippen LogP contribution in [0.2, 0.25) is 0 Å². The van der Waals surface area contributed by atoms with Crippen molar-refractivity contribution < 1.29 is 14.3 Å². The molecule has 2 aliphatic rings. The highest BCUT2D eigenvalue weighted by molar-refractivity contribution is 8.00. The monoisotopic (exact) mass is 349 g/mol. The Labute approximate surface area is 149 Å². The first-order valence-electron chi connectivity index (χ1n) is 8.12. The Balaban J connectivity index is 1.62. The van der Waals surface area contributed by atoms with Crippen molar-refractivity contribution in [1.29, 1.82) is 0 Å². The van der Waals surface area contributed by atoms with Crippen LogP contribution in [0, 0.1) is 0 Å². The number of hydrogen-bond acceptors (Lipinski definition) is 5. The predicted octanol–water partition coefficient (Wildman–Crippen LogP) is 4.61. The number of carbonyl (C=O) groups is 1. The summed E-state index contributed by atoms with van der Waals surface area (Å²) in [7, 11) is 0. The van der Waals surface area contributed by atoms with E-state index in [4.69, 9.17) is 9.47 Å². The standard InChI is InChI=1S/C20H15NO3S/c22-16-10-25-20(13-7-8-17-18(9-13)24-11-23-17)21-15-6-2-4-12-3-1-5-14(16)19(12)15/h1-9,20-21H,10-11H2. The van der Waals surface area contributed by atoms with E-state index in [1.165, 1.54) is 0 Å². The van der Waals surface area contributed by atoms with E-state index in [0.717, 1.165) is 39.1 Å². The number of Topliss-reactive ketones (excluding diaryl/α,β-unsaturated/α-hetero) is 1. The van der Waals surface area contributed by atoms with Gasteiger partial charge in [0.2, 0.25) is 6.79 Å². The maximum absolute atomic E-state index is 12.7. The molecule has 0 saturated carbocycles. The Morgan fingerprint density at radius 2 is 1.84 bits per heavy atom. The zero-order valence-electron chi connectivity index (χ0n) is 13.3.